The topological polar surface area (TPSA) is 140 Å². The maximum absolute atomic E-state index is 12.9. The van der Waals surface area contributed by atoms with E-state index in [1.54, 1.807) is 42.5 Å². The molecule has 0 aliphatic heterocycles. The summed E-state index contributed by atoms with van der Waals surface area (Å²) in [6, 6.07) is 21.5. The van der Waals surface area contributed by atoms with Gasteiger partial charge in [0.25, 0.3) is 17.5 Å². The minimum absolute atomic E-state index is 0.102. The molecule has 0 fully saturated rings. The zero-order valence-corrected chi connectivity index (χ0v) is 26.0. The highest BCUT2D eigenvalue weighted by Gasteiger charge is 2.20. The summed E-state index contributed by atoms with van der Waals surface area (Å²) in [4.78, 5) is 48.8. The first-order valence-corrected chi connectivity index (χ1v) is 14.8. The van der Waals surface area contributed by atoms with Gasteiger partial charge in [-0.3, -0.25) is 19.7 Å². The number of benzene rings is 4. The average Bonchev–Trinajstić information content (AvgIpc) is 3.34. The second kappa shape index (κ2) is 13.3. The number of hydrazone groups is 1. The molecular weight excluding hydrogens is 695 g/mol. The van der Waals surface area contributed by atoms with E-state index in [4.69, 9.17) is 27.9 Å². The summed E-state index contributed by atoms with van der Waals surface area (Å²) in [5.74, 6) is -1.39. The number of carbonyl (C=O) groups excluding carboxylic acids is 3. The molecule has 0 saturated heterocycles. The Morgan fingerprint density at radius 2 is 1.61 bits per heavy atom. The van der Waals surface area contributed by atoms with Gasteiger partial charge in [-0.1, -0.05) is 39.1 Å². The number of esters is 1. The number of thiophene rings is 1. The number of hydrogen-bond donors (Lipinski definition) is 2. The van der Waals surface area contributed by atoms with Crippen LogP contribution in [0.4, 0.5) is 11.4 Å². The molecule has 0 unspecified atom stereocenters. The number of ether oxygens (including phenoxy) is 1. The monoisotopic (exact) mass is 710 g/mol. The van der Waals surface area contributed by atoms with Crippen LogP contribution in [-0.4, -0.2) is 28.9 Å². The summed E-state index contributed by atoms with van der Waals surface area (Å²) >= 11 is 16.7. The molecule has 0 atom stereocenters. The second-order valence-corrected chi connectivity index (χ2v) is 11.8. The molecule has 0 aliphatic carbocycles. The number of nitrogens with one attached hydrogen (secondary N) is 2. The first-order valence-electron chi connectivity index (χ1n) is 12.5. The van der Waals surface area contributed by atoms with Crippen molar-refractivity contribution in [3.63, 3.8) is 0 Å². The fourth-order valence-corrected chi connectivity index (χ4v) is 5.84. The highest BCUT2D eigenvalue weighted by atomic mass is 79.9. The fraction of sp³-hybridized carbons (Fsp3) is 0. The maximum atomic E-state index is 12.9. The minimum Gasteiger partial charge on any atom is -0.422 e. The lowest BCUT2D eigenvalue weighted by Crippen LogP contribution is -2.18. The molecule has 2 amide bonds. The van der Waals surface area contributed by atoms with Gasteiger partial charge in [-0.2, -0.15) is 5.10 Å². The summed E-state index contributed by atoms with van der Waals surface area (Å²) < 4.78 is 6.72. The largest absolute Gasteiger partial charge is 0.422 e. The van der Waals surface area contributed by atoms with Crippen molar-refractivity contribution in [3.8, 4) is 5.75 Å². The number of nitro groups is 1. The van der Waals surface area contributed by atoms with Crippen molar-refractivity contribution in [2.24, 2.45) is 5.10 Å². The lowest BCUT2D eigenvalue weighted by atomic mass is 10.2. The Morgan fingerprint density at radius 1 is 0.909 bits per heavy atom. The third-order valence-electron chi connectivity index (χ3n) is 6.06. The van der Waals surface area contributed by atoms with Crippen LogP contribution in [0.3, 0.4) is 0 Å². The van der Waals surface area contributed by atoms with Gasteiger partial charge in [0.05, 0.1) is 21.7 Å². The van der Waals surface area contributed by atoms with Crippen LogP contribution in [0.15, 0.2) is 94.5 Å². The predicted octanol–water partition coefficient (Wildman–Crippen LogP) is 8.11. The first kappa shape index (κ1) is 30.8. The lowest BCUT2D eigenvalue weighted by molar-refractivity contribution is -0.384. The van der Waals surface area contributed by atoms with Gasteiger partial charge < -0.3 is 10.1 Å². The van der Waals surface area contributed by atoms with Gasteiger partial charge in [0.1, 0.15) is 10.6 Å². The van der Waals surface area contributed by atoms with Gasteiger partial charge in [0.2, 0.25) is 0 Å². The molecule has 0 radical (unpaired) electrons. The molecule has 10 nitrogen and oxygen atoms in total. The van der Waals surface area contributed by atoms with E-state index < -0.39 is 22.7 Å². The molecule has 5 rings (SSSR count). The number of non-ortho nitro benzene ring substituents is 1. The molecule has 0 spiro atoms. The third kappa shape index (κ3) is 7.12. The number of nitro benzene ring substituents is 1. The SMILES string of the molecule is O=C(N/N=C\c1cc(Br)ccc1OC(=O)c1ccc(Cl)cc1)c1ccc(NC(=O)c2sc3cc([N+](=O)[O-])ccc3c2Cl)cc1. The van der Waals surface area contributed by atoms with Gasteiger partial charge in [-0.05, 0) is 72.8 Å². The number of nitrogens with zero attached hydrogens (tertiary/aromatic N) is 2. The van der Waals surface area contributed by atoms with E-state index in [0.717, 1.165) is 11.3 Å². The highest BCUT2D eigenvalue weighted by molar-refractivity contribution is 9.10. The van der Waals surface area contributed by atoms with E-state index in [1.165, 1.54) is 48.7 Å². The van der Waals surface area contributed by atoms with E-state index in [9.17, 15) is 24.5 Å². The predicted molar refractivity (Wildman–Crippen MR) is 173 cm³/mol. The summed E-state index contributed by atoms with van der Waals surface area (Å²) in [6.45, 7) is 0. The van der Waals surface area contributed by atoms with Crippen molar-refractivity contribution >= 4 is 95.9 Å². The molecule has 2 N–H and O–H groups in total. The Hall–Kier alpha value is -4.62. The normalized spacial score (nSPS) is 11.0. The van der Waals surface area contributed by atoms with Crippen molar-refractivity contribution in [2.75, 3.05) is 5.32 Å². The molecule has 14 heteroatoms. The van der Waals surface area contributed by atoms with Crippen molar-refractivity contribution < 1.29 is 24.0 Å². The average molecular weight is 712 g/mol. The number of hydrogen-bond acceptors (Lipinski definition) is 8. The Morgan fingerprint density at radius 3 is 2.32 bits per heavy atom. The molecule has 0 aliphatic rings. The Kier molecular flexibility index (Phi) is 9.35. The van der Waals surface area contributed by atoms with Gasteiger partial charge in [-0.25, -0.2) is 10.2 Å². The van der Waals surface area contributed by atoms with E-state index in [-0.39, 0.29) is 26.9 Å². The lowest BCUT2D eigenvalue weighted by Gasteiger charge is -2.08. The number of halogens is 3. The van der Waals surface area contributed by atoms with Gasteiger partial charge in [0, 0.05) is 48.5 Å². The van der Waals surface area contributed by atoms with Crippen molar-refractivity contribution in [2.45, 2.75) is 0 Å². The zero-order chi connectivity index (χ0) is 31.4. The summed E-state index contributed by atoms with van der Waals surface area (Å²) in [5.41, 5.74) is 3.71. The van der Waals surface area contributed by atoms with E-state index in [2.05, 4.69) is 31.8 Å². The molecule has 4 aromatic carbocycles. The Balaban J connectivity index is 1.22. The van der Waals surface area contributed by atoms with Gasteiger partial charge in [0.15, 0.2) is 0 Å². The van der Waals surface area contributed by atoms with Crippen LogP contribution in [0.25, 0.3) is 10.1 Å². The Bertz CT molecular complexity index is 1960. The third-order valence-corrected chi connectivity index (χ3v) is 8.46. The second-order valence-electron chi connectivity index (χ2n) is 8.99. The summed E-state index contributed by atoms with van der Waals surface area (Å²) in [6.07, 6.45) is 1.34. The van der Waals surface area contributed by atoms with Crippen molar-refractivity contribution in [1.29, 1.82) is 0 Å². The molecular formula is C30H17BrCl2N4O6S. The Labute approximate surface area is 271 Å². The molecule has 44 heavy (non-hydrogen) atoms. The molecule has 1 heterocycles. The van der Waals surface area contributed by atoms with Gasteiger partial charge in [-0.15, -0.1) is 11.3 Å². The van der Waals surface area contributed by atoms with Crippen molar-refractivity contribution in [3.05, 3.63) is 131 Å². The van der Waals surface area contributed by atoms with Crippen LogP contribution in [0, 0.1) is 10.1 Å². The molecule has 0 saturated carbocycles. The standard InChI is InChI=1S/C30H17BrCl2N4O6S/c31-19-5-12-24(43-30(40)17-1-6-20(32)7-2-17)18(13-19)15-34-36-28(38)16-3-8-21(9-4-16)35-29(39)27-26(33)23-11-10-22(37(41)42)14-25(23)44-27/h1-15H,(H,35,39)(H,36,38)/b34-15-. The minimum atomic E-state index is -0.589. The maximum Gasteiger partial charge on any atom is 0.343 e. The quantitative estimate of drug-likeness (QED) is 0.0548. The van der Waals surface area contributed by atoms with Crippen LogP contribution in [0.5, 0.6) is 5.75 Å². The van der Waals surface area contributed by atoms with E-state index >= 15 is 0 Å². The van der Waals surface area contributed by atoms with Crippen LogP contribution < -0.4 is 15.5 Å². The first-order chi connectivity index (χ1) is 21.1. The van der Waals surface area contributed by atoms with Crippen LogP contribution in [0.2, 0.25) is 10.0 Å². The van der Waals surface area contributed by atoms with Crippen LogP contribution in [0.1, 0.15) is 36.0 Å². The fourth-order valence-electron chi connectivity index (χ4n) is 3.89. The van der Waals surface area contributed by atoms with Crippen LogP contribution in [-0.2, 0) is 0 Å². The molecule has 1 aromatic heterocycles. The van der Waals surface area contributed by atoms with E-state index in [1.807, 2.05) is 0 Å². The summed E-state index contributed by atoms with van der Waals surface area (Å²) in [7, 11) is 0. The smallest absolute Gasteiger partial charge is 0.343 e. The number of anilines is 1. The molecule has 5 aromatic rings. The number of rotatable bonds is 8. The van der Waals surface area contributed by atoms with Gasteiger partial charge >= 0.3 is 5.97 Å². The molecule has 220 valence electrons. The number of fused-ring (bicyclic) bond motifs is 1. The molecule has 0 bridgehead atoms. The zero-order valence-electron chi connectivity index (χ0n) is 22.0. The number of carbonyl (C=O) groups is 3. The van der Waals surface area contributed by atoms with Crippen molar-refractivity contribution in [1.82, 2.24) is 5.43 Å². The highest BCUT2D eigenvalue weighted by Crippen LogP contribution is 2.37. The van der Waals surface area contributed by atoms with Crippen LogP contribution >= 0.6 is 50.5 Å². The number of amides is 2. The summed E-state index contributed by atoms with van der Waals surface area (Å²) in [5, 5.41) is 19.0. The van der Waals surface area contributed by atoms with E-state index in [0.29, 0.717) is 36.4 Å².